The highest BCUT2D eigenvalue weighted by molar-refractivity contribution is 5.74. The van der Waals surface area contributed by atoms with Crippen LogP contribution in [0.3, 0.4) is 0 Å². The minimum absolute atomic E-state index is 0.0304. The maximum Gasteiger partial charge on any atom is 0.317 e. The second-order valence-corrected chi connectivity index (χ2v) is 7.11. The number of aryl methyl sites for hydroxylation is 1. The molecule has 1 saturated heterocycles. The molecule has 0 aromatic heterocycles. The van der Waals surface area contributed by atoms with E-state index < -0.39 is 0 Å². The lowest BCUT2D eigenvalue weighted by molar-refractivity contribution is 0.197. The molecule has 2 amide bonds. The van der Waals surface area contributed by atoms with Crippen molar-refractivity contribution in [1.29, 1.82) is 0 Å². The molecule has 0 saturated carbocycles. The van der Waals surface area contributed by atoms with Crippen LogP contribution in [0.5, 0.6) is 5.75 Å². The first-order valence-corrected chi connectivity index (χ1v) is 9.57. The number of amides is 2. The smallest absolute Gasteiger partial charge is 0.317 e. The molecule has 0 spiro atoms. The molecule has 5 nitrogen and oxygen atoms in total. The number of carbonyl (C=O) groups excluding carboxylic acids is 1. The first-order valence-electron chi connectivity index (χ1n) is 9.57. The van der Waals surface area contributed by atoms with Crippen molar-refractivity contribution >= 4 is 6.03 Å². The number of benzene rings is 2. The second kappa shape index (κ2) is 9.42. The van der Waals surface area contributed by atoms with Gasteiger partial charge in [0.2, 0.25) is 0 Å². The normalized spacial score (nSPS) is 15.3. The highest BCUT2D eigenvalue weighted by Gasteiger charge is 2.19. The van der Waals surface area contributed by atoms with Gasteiger partial charge in [-0.2, -0.15) is 0 Å². The van der Waals surface area contributed by atoms with Crippen LogP contribution >= 0.6 is 0 Å². The van der Waals surface area contributed by atoms with E-state index in [4.69, 9.17) is 4.74 Å². The predicted octanol–water partition coefficient (Wildman–Crippen LogP) is 3.42. The van der Waals surface area contributed by atoms with E-state index in [9.17, 15) is 4.79 Å². The van der Waals surface area contributed by atoms with Gasteiger partial charge in [-0.15, -0.1) is 0 Å². The quantitative estimate of drug-likeness (QED) is 0.881. The van der Waals surface area contributed by atoms with Gasteiger partial charge < -0.3 is 15.0 Å². The van der Waals surface area contributed by atoms with Gasteiger partial charge in [-0.1, -0.05) is 42.0 Å². The molecule has 1 aliphatic rings. The van der Waals surface area contributed by atoms with Gasteiger partial charge in [0.05, 0.1) is 7.11 Å². The Morgan fingerprint density at radius 3 is 2.59 bits per heavy atom. The number of nitrogens with zero attached hydrogens (tertiary/aromatic N) is 2. The minimum atomic E-state index is 0.0304. The molecule has 5 heteroatoms. The van der Waals surface area contributed by atoms with Gasteiger partial charge in [0.1, 0.15) is 5.75 Å². The lowest BCUT2D eigenvalue weighted by atomic mass is 10.1. The van der Waals surface area contributed by atoms with Gasteiger partial charge in [0.25, 0.3) is 0 Å². The zero-order valence-electron chi connectivity index (χ0n) is 16.3. The van der Waals surface area contributed by atoms with Gasteiger partial charge in [0, 0.05) is 39.3 Å². The van der Waals surface area contributed by atoms with Crippen LogP contribution in [0.1, 0.15) is 23.1 Å². The van der Waals surface area contributed by atoms with Crippen molar-refractivity contribution in [3.63, 3.8) is 0 Å². The van der Waals surface area contributed by atoms with Gasteiger partial charge in [0.15, 0.2) is 0 Å². The van der Waals surface area contributed by atoms with E-state index in [2.05, 4.69) is 41.4 Å². The average Bonchev–Trinajstić information content (AvgIpc) is 2.92. The highest BCUT2D eigenvalue weighted by Crippen LogP contribution is 2.14. The molecule has 1 fully saturated rings. The summed E-state index contributed by atoms with van der Waals surface area (Å²) in [7, 11) is 1.68. The highest BCUT2D eigenvalue weighted by atomic mass is 16.5. The molecule has 0 unspecified atom stereocenters. The monoisotopic (exact) mass is 367 g/mol. The topological polar surface area (TPSA) is 44.8 Å². The van der Waals surface area contributed by atoms with Crippen LogP contribution < -0.4 is 10.1 Å². The Balaban J connectivity index is 1.47. The Hall–Kier alpha value is -2.53. The summed E-state index contributed by atoms with van der Waals surface area (Å²) in [5.74, 6) is 0.881. The third-order valence-corrected chi connectivity index (χ3v) is 4.97. The summed E-state index contributed by atoms with van der Waals surface area (Å²) in [6, 6.07) is 16.5. The second-order valence-electron chi connectivity index (χ2n) is 7.11. The molecule has 0 aliphatic carbocycles. The molecule has 0 atom stereocenters. The Morgan fingerprint density at radius 2 is 1.85 bits per heavy atom. The number of urea groups is 1. The number of rotatable bonds is 5. The summed E-state index contributed by atoms with van der Waals surface area (Å²) >= 11 is 0. The molecule has 144 valence electrons. The Kier molecular flexibility index (Phi) is 6.71. The number of methoxy groups -OCH3 is 1. The van der Waals surface area contributed by atoms with Gasteiger partial charge in [-0.3, -0.25) is 4.90 Å². The number of carbonyl (C=O) groups is 1. The van der Waals surface area contributed by atoms with Crippen molar-refractivity contribution in [2.45, 2.75) is 26.4 Å². The molecule has 0 radical (unpaired) electrons. The van der Waals surface area contributed by atoms with Gasteiger partial charge in [-0.25, -0.2) is 4.79 Å². The van der Waals surface area contributed by atoms with E-state index in [-0.39, 0.29) is 6.03 Å². The van der Waals surface area contributed by atoms with E-state index in [1.807, 2.05) is 29.2 Å². The first-order chi connectivity index (χ1) is 13.1. The maximum atomic E-state index is 12.5. The summed E-state index contributed by atoms with van der Waals surface area (Å²) in [5, 5.41) is 3.06. The minimum Gasteiger partial charge on any atom is -0.497 e. The fraction of sp³-hybridized carbons (Fsp3) is 0.409. The first kappa shape index (κ1) is 19.2. The van der Waals surface area contributed by atoms with Crippen LogP contribution in [0.25, 0.3) is 0 Å². The van der Waals surface area contributed by atoms with Crippen molar-refractivity contribution in [2.24, 2.45) is 0 Å². The fourth-order valence-electron chi connectivity index (χ4n) is 3.43. The summed E-state index contributed by atoms with van der Waals surface area (Å²) in [6.45, 7) is 7.01. The van der Waals surface area contributed by atoms with Crippen molar-refractivity contribution in [3.8, 4) is 5.75 Å². The van der Waals surface area contributed by atoms with Crippen molar-refractivity contribution in [2.75, 3.05) is 33.3 Å². The standard InChI is InChI=1S/C22H29N3O2/c1-18-5-3-6-20(15-18)16-23-22(26)25-12-4-11-24(13-14-25)17-19-7-9-21(27-2)10-8-19/h3,5-10,15H,4,11-14,16-17H2,1-2H3,(H,23,26). The number of hydrogen-bond acceptors (Lipinski definition) is 3. The van der Waals surface area contributed by atoms with E-state index in [0.717, 1.165) is 50.5 Å². The van der Waals surface area contributed by atoms with Crippen LogP contribution in [0.2, 0.25) is 0 Å². The molecule has 1 heterocycles. The molecule has 1 aliphatic heterocycles. The van der Waals surface area contributed by atoms with E-state index in [1.54, 1.807) is 7.11 Å². The molecule has 2 aromatic rings. The van der Waals surface area contributed by atoms with E-state index in [0.29, 0.717) is 6.54 Å². The fourth-order valence-corrected chi connectivity index (χ4v) is 3.43. The molecule has 2 aromatic carbocycles. The van der Waals surface area contributed by atoms with E-state index in [1.165, 1.54) is 11.1 Å². The molecular weight excluding hydrogens is 338 g/mol. The summed E-state index contributed by atoms with van der Waals surface area (Å²) in [5.41, 5.74) is 3.62. The van der Waals surface area contributed by atoms with Crippen LogP contribution in [0.4, 0.5) is 4.79 Å². The third kappa shape index (κ3) is 5.73. The third-order valence-electron chi connectivity index (χ3n) is 4.97. The Morgan fingerprint density at radius 1 is 1.04 bits per heavy atom. The lowest BCUT2D eigenvalue weighted by Gasteiger charge is -2.22. The number of ether oxygens (including phenoxy) is 1. The Labute approximate surface area is 161 Å². The van der Waals surface area contributed by atoms with Crippen LogP contribution in [-0.4, -0.2) is 49.1 Å². The molecule has 1 N–H and O–H groups in total. The Bertz CT molecular complexity index is 745. The van der Waals surface area contributed by atoms with E-state index >= 15 is 0 Å². The molecular formula is C22H29N3O2. The maximum absolute atomic E-state index is 12.5. The van der Waals surface area contributed by atoms with Crippen LogP contribution in [0.15, 0.2) is 48.5 Å². The summed E-state index contributed by atoms with van der Waals surface area (Å²) in [6.07, 6.45) is 0.994. The van der Waals surface area contributed by atoms with Gasteiger partial charge >= 0.3 is 6.03 Å². The molecule has 27 heavy (non-hydrogen) atoms. The largest absolute Gasteiger partial charge is 0.497 e. The SMILES string of the molecule is COc1ccc(CN2CCCN(C(=O)NCc3cccc(C)c3)CC2)cc1. The zero-order chi connectivity index (χ0) is 19.1. The summed E-state index contributed by atoms with van der Waals surface area (Å²) in [4.78, 5) is 16.9. The summed E-state index contributed by atoms with van der Waals surface area (Å²) < 4.78 is 5.22. The van der Waals surface area contributed by atoms with Crippen molar-refractivity contribution < 1.29 is 9.53 Å². The number of nitrogens with one attached hydrogen (secondary N) is 1. The molecule has 0 bridgehead atoms. The van der Waals surface area contributed by atoms with Crippen molar-refractivity contribution in [1.82, 2.24) is 15.1 Å². The lowest BCUT2D eigenvalue weighted by Crippen LogP contribution is -2.41. The van der Waals surface area contributed by atoms with Crippen LogP contribution in [0, 0.1) is 6.92 Å². The van der Waals surface area contributed by atoms with Crippen molar-refractivity contribution in [3.05, 3.63) is 65.2 Å². The van der Waals surface area contributed by atoms with Crippen LogP contribution in [-0.2, 0) is 13.1 Å². The predicted molar refractivity (Wildman–Crippen MR) is 108 cm³/mol. The zero-order valence-corrected chi connectivity index (χ0v) is 16.3. The molecule has 3 rings (SSSR count). The number of hydrogen-bond donors (Lipinski definition) is 1. The average molecular weight is 367 g/mol. The van der Waals surface area contributed by atoms with Gasteiger partial charge in [-0.05, 0) is 36.6 Å².